The number of benzene rings is 1. The number of rotatable bonds is 1. The van der Waals surface area contributed by atoms with E-state index in [1.807, 2.05) is 0 Å². The van der Waals surface area contributed by atoms with Gasteiger partial charge in [-0.05, 0) is 25.2 Å². The predicted octanol–water partition coefficient (Wildman–Crippen LogP) is 1.39. The molecule has 1 aromatic carbocycles. The van der Waals surface area contributed by atoms with E-state index < -0.39 is 17.7 Å². The quantitative estimate of drug-likeness (QED) is 0.692. The third kappa shape index (κ3) is 1.71. The number of amides is 1. The van der Waals surface area contributed by atoms with Gasteiger partial charge in [0.2, 0.25) is 0 Å². The first-order valence-corrected chi connectivity index (χ1v) is 6.35. The maximum Gasteiger partial charge on any atom is 0.276 e. The fourth-order valence-electron chi connectivity index (χ4n) is 2.40. The third-order valence-electron chi connectivity index (χ3n) is 3.27. The molecule has 1 atom stereocenters. The van der Waals surface area contributed by atoms with Crippen molar-refractivity contribution in [2.75, 3.05) is 4.90 Å². The second kappa shape index (κ2) is 4.39. The van der Waals surface area contributed by atoms with Crippen LogP contribution in [-0.2, 0) is 0 Å². The first-order valence-electron chi connectivity index (χ1n) is 5.94. The van der Waals surface area contributed by atoms with E-state index in [1.54, 1.807) is 31.2 Å². The number of aliphatic hydroxyl groups is 1. The fourth-order valence-corrected chi connectivity index (χ4v) is 2.65. The Labute approximate surface area is 118 Å². The molecular formula is C13H11N3O3S. The number of fused-ring (bicyclic) bond motifs is 1. The van der Waals surface area contributed by atoms with Crippen LogP contribution in [0.1, 0.15) is 27.8 Å². The maximum absolute atomic E-state index is 12.4. The Morgan fingerprint density at radius 2 is 1.95 bits per heavy atom. The highest BCUT2D eigenvalue weighted by atomic mass is 32.1. The third-order valence-corrected chi connectivity index (χ3v) is 3.48. The average Bonchev–Trinajstić information content (AvgIpc) is 2.64. The molecule has 20 heavy (non-hydrogen) atoms. The summed E-state index contributed by atoms with van der Waals surface area (Å²) in [7, 11) is 0. The number of anilines is 1. The Morgan fingerprint density at radius 1 is 1.25 bits per heavy atom. The van der Waals surface area contributed by atoms with Crippen LogP contribution < -0.4 is 10.5 Å². The van der Waals surface area contributed by atoms with Crippen molar-refractivity contribution in [3.8, 4) is 0 Å². The maximum atomic E-state index is 12.4. The van der Waals surface area contributed by atoms with Crippen LogP contribution in [0.25, 0.3) is 0 Å². The van der Waals surface area contributed by atoms with Gasteiger partial charge < -0.3 is 10.1 Å². The Morgan fingerprint density at radius 3 is 2.60 bits per heavy atom. The van der Waals surface area contributed by atoms with E-state index >= 15 is 0 Å². The van der Waals surface area contributed by atoms with Crippen molar-refractivity contribution in [2.45, 2.75) is 13.2 Å². The number of hydrogen-bond acceptors (Lipinski definition) is 4. The van der Waals surface area contributed by atoms with E-state index in [2.05, 4.69) is 9.97 Å². The molecule has 1 aromatic heterocycles. The van der Waals surface area contributed by atoms with Crippen molar-refractivity contribution >= 4 is 23.8 Å². The number of H-pyrrole nitrogens is 2. The lowest BCUT2D eigenvalue weighted by Gasteiger charge is -2.21. The van der Waals surface area contributed by atoms with Crippen LogP contribution in [0.5, 0.6) is 0 Å². The molecule has 0 saturated carbocycles. The van der Waals surface area contributed by atoms with E-state index in [0.29, 0.717) is 16.8 Å². The minimum atomic E-state index is -1.18. The molecule has 0 bridgehead atoms. The van der Waals surface area contributed by atoms with Crippen LogP contribution in [0.3, 0.4) is 0 Å². The van der Waals surface area contributed by atoms with Crippen molar-refractivity contribution in [1.82, 2.24) is 9.97 Å². The van der Waals surface area contributed by atoms with Crippen LogP contribution in [0.4, 0.5) is 5.69 Å². The molecule has 1 unspecified atom stereocenters. The number of aromatic amines is 2. The lowest BCUT2D eigenvalue weighted by Crippen LogP contribution is -2.34. The summed E-state index contributed by atoms with van der Waals surface area (Å²) >= 11 is 4.87. The molecule has 1 amide bonds. The van der Waals surface area contributed by atoms with Crippen LogP contribution in [-0.4, -0.2) is 21.0 Å². The normalized spacial score (nSPS) is 17.4. The monoisotopic (exact) mass is 289 g/mol. The molecule has 1 aliphatic heterocycles. The summed E-state index contributed by atoms with van der Waals surface area (Å²) in [6, 6.07) is 6.72. The Bertz CT molecular complexity index is 824. The molecule has 0 spiro atoms. The fraction of sp³-hybridized carbons (Fsp3) is 0.154. The molecule has 2 aromatic rings. The summed E-state index contributed by atoms with van der Waals surface area (Å²) < 4.78 is 0.176. The Kier molecular flexibility index (Phi) is 2.81. The van der Waals surface area contributed by atoms with Gasteiger partial charge in [-0.1, -0.05) is 18.2 Å². The number of carbonyl (C=O) groups is 1. The molecule has 0 aliphatic carbocycles. The van der Waals surface area contributed by atoms with Crippen molar-refractivity contribution in [1.29, 1.82) is 0 Å². The van der Waals surface area contributed by atoms with Gasteiger partial charge in [-0.2, -0.15) is 0 Å². The molecular weight excluding hydrogens is 278 g/mol. The number of aryl methyl sites for hydroxylation is 1. The van der Waals surface area contributed by atoms with Crippen LogP contribution in [0.2, 0.25) is 0 Å². The highest BCUT2D eigenvalue weighted by molar-refractivity contribution is 7.71. The van der Waals surface area contributed by atoms with Crippen molar-refractivity contribution < 1.29 is 9.90 Å². The summed E-state index contributed by atoms with van der Waals surface area (Å²) in [6.07, 6.45) is -1.18. The van der Waals surface area contributed by atoms with Gasteiger partial charge in [0.1, 0.15) is 5.69 Å². The predicted molar refractivity (Wildman–Crippen MR) is 75.2 cm³/mol. The van der Waals surface area contributed by atoms with E-state index in [1.165, 1.54) is 0 Å². The van der Waals surface area contributed by atoms with Crippen LogP contribution >= 0.6 is 12.2 Å². The molecule has 102 valence electrons. The van der Waals surface area contributed by atoms with E-state index in [4.69, 9.17) is 12.2 Å². The summed E-state index contributed by atoms with van der Waals surface area (Å²) in [5, 5.41) is 10.3. The molecule has 3 rings (SSSR count). The van der Waals surface area contributed by atoms with Gasteiger partial charge in [0.25, 0.3) is 11.5 Å². The lowest BCUT2D eigenvalue weighted by atomic mass is 10.1. The average molecular weight is 289 g/mol. The minimum Gasteiger partial charge on any atom is -0.369 e. The van der Waals surface area contributed by atoms with Crippen molar-refractivity contribution in [3.63, 3.8) is 0 Å². The van der Waals surface area contributed by atoms with Gasteiger partial charge in [-0.3, -0.25) is 19.5 Å². The summed E-state index contributed by atoms with van der Waals surface area (Å²) in [5.41, 5.74) is 0.873. The number of hydrogen-bond donors (Lipinski definition) is 3. The first kappa shape index (κ1) is 12.8. The molecule has 6 nitrogen and oxygen atoms in total. The molecule has 0 saturated heterocycles. The van der Waals surface area contributed by atoms with Gasteiger partial charge in [0.15, 0.2) is 11.0 Å². The summed E-state index contributed by atoms with van der Waals surface area (Å²) in [5.74, 6) is -0.410. The summed E-state index contributed by atoms with van der Waals surface area (Å²) in [6.45, 7) is 1.63. The SMILES string of the molecule is Cc1[nH]c(=S)[nH]c(=O)c1N1C(=O)c2ccccc2C1O. The topological polar surface area (TPSA) is 89.2 Å². The molecule has 1 aliphatic rings. The Hall–Kier alpha value is -2.25. The van der Waals surface area contributed by atoms with Gasteiger partial charge in [0.05, 0.1) is 0 Å². The van der Waals surface area contributed by atoms with Crippen LogP contribution in [0, 0.1) is 11.7 Å². The van der Waals surface area contributed by atoms with Gasteiger partial charge >= 0.3 is 0 Å². The zero-order valence-electron chi connectivity index (χ0n) is 10.5. The molecule has 2 heterocycles. The number of aliphatic hydroxyl groups excluding tert-OH is 1. The second-order valence-corrected chi connectivity index (χ2v) is 4.93. The first-order chi connectivity index (χ1) is 9.50. The minimum absolute atomic E-state index is 0.0762. The molecule has 0 fully saturated rings. The summed E-state index contributed by atoms with van der Waals surface area (Å²) in [4.78, 5) is 30.7. The Balaban J connectivity index is 2.22. The van der Waals surface area contributed by atoms with Gasteiger partial charge in [-0.25, -0.2) is 0 Å². The molecule has 3 N–H and O–H groups in total. The largest absolute Gasteiger partial charge is 0.369 e. The van der Waals surface area contributed by atoms with E-state index in [-0.39, 0.29) is 10.5 Å². The van der Waals surface area contributed by atoms with Crippen LogP contribution in [0.15, 0.2) is 29.1 Å². The second-order valence-electron chi connectivity index (χ2n) is 4.52. The van der Waals surface area contributed by atoms with Gasteiger partial charge in [0, 0.05) is 16.8 Å². The van der Waals surface area contributed by atoms with Crippen molar-refractivity contribution in [2.24, 2.45) is 0 Å². The zero-order valence-corrected chi connectivity index (χ0v) is 11.3. The number of carbonyl (C=O) groups excluding carboxylic acids is 1. The van der Waals surface area contributed by atoms with Gasteiger partial charge in [-0.15, -0.1) is 0 Å². The van der Waals surface area contributed by atoms with E-state index in [9.17, 15) is 14.7 Å². The van der Waals surface area contributed by atoms with E-state index in [0.717, 1.165) is 4.90 Å². The highest BCUT2D eigenvalue weighted by Gasteiger charge is 2.38. The smallest absolute Gasteiger partial charge is 0.276 e. The standard InChI is InChI=1S/C13H11N3O3S/c1-6-9(10(17)15-13(20)14-6)16-11(18)7-4-2-3-5-8(7)12(16)19/h2-5,11,18H,1H3,(H2,14,15,17,20). The molecule has 0 radical (unpaired) electrons. The lowest BCUT2D eigenvalue weighted by molar-refractivity contribution is 0.0934. The van der Waals surface area contributed by atoms with Crippen molar-refractivity contribution in [3.05, 3.63) is 56.2 Å². The number of aromatic nitrogens is 2. The highest BCUT2D eigenvalue weighted by Crippen LogP contribution is 2.34. The molecule has 7 heteroatoms. The number of nitrogens with zero attached hydrogens (tertiary/aromatic N) is 1. The zero-order chi connectivity index (χ0) is 14.4. The number of nitrogens with one attached hydrogen (secondary N) is 2.